The predicted molar refractivity (Wildman–Crippen MR) is 48.7 cm³/mol. The fraction of sp³-hybridized carbons (Fsp3) is 0.222. The third-order valence-electron chi connectivity index (χ3n) is 1.77. The molecule has 0 saturated heterocycles. The predicted octanol–water partition coefficient (Wildman–Crippen LogP) is 0.887. The van der Waals surface area contributed by atoms with Gasteiger partial charge in [0.15, 0.2) is 0 Å². The SMILES string of the molecule is C[C@H]1N=C(c2ccccc2)NN1. The molecule has 0 unspecified atom stereocenters. The van der Waals surface area contributed by atoms with Gasteiger partial charge in [-0.3, -0.25) is 0 Å². The second-order valence-electron chi connectivity index (χ2n) is 2.79. The first-order valence-corrected chi connectivity index (χ1v) is 4.01. The number of nitrogens with one attached hydrogen (secondary N) is 2. The molecule has 0 fully saturated rings. The van der Waals surface area contributed by atoms with Gasteiger partial charge < -0.3 is 5.43 Å². The van der Waals surface area contributed by atoms with Crippen LogP contribution in [0.15, 0.2) is 35.3 Å². The summed E-state index contributed by atoms with van der Waals surface area (Å²) in [6, 6.07) is 10.1. The van der Waals surface area contributed by atoms with Crippen molar-refractivity contribution in [2.75, 3.05) is 0 Å². The van der Waals surface area contributed by atoms with E-state index in [4.69, 9.17) is 0 Å². The highest BCUT2D eigenvalue weighted by Gasteiger charge is 2.11. The number of hydrogen-bond donors (Lipinski definition) is 2. The van der Waals surface area contributed by atoms with Crippen LogP contribution in [-0.2, 0) is 0 Å². The highest BCUT2D eigenvalue weighted by Crippen LogP contribution is 2.03. The number of hydrazine groups is 1. The average Bonchev–Trinajstić information content (AvgIpc) is 2.54. The van der Waals surface area contributed by atoms with E-state index >= 15 is 0 Å². The quantitative estimate of drug-likeness (QED) is 0.641. The summed E-state index contributed by atoms with van der Waals surface area (Å²) in [5, 5.41) is 0. The van der Waals surface area contributed by atoms with Crippen LogP contribution in [0.25, 0.3) is 0 Å². The number of rotatable bonds is 1. The van der Waals surface area contributed by atoms with Crippen molar-refractivity contribution in [3.05, 3.63) is 35.9 Å². The Balaban J connectivity index is 2.27. The van der Waals surface area contributed by atoms with Crippen molar-refractivity contribution in [2.24, 2.45) is 4.99 Å². The first-order valence-electron chi connectivity index (χ1n) is 4.01. The molecule has 0 bridgehead atoms. The Kier molecular flexibility index (Phi) is 1.80. The topological polar surface area (TPSA) is 36.4 Å². The lowest BCUT2D eigenvalue weighted by Gasteiger charge is -2.00. The van der Waals surface area contributed by atoms with Crippen LogP contribution < -0.4 is 10.9 Å². The van der Waals surface area contributed by atoms with Crippen molar-refractivity contribution < 1.29 is 0 Å². The second kappa shape index (κ2) is 2.95. The molecule has 3 nitrogen and oxygen atoms in total. The van der Waals surface area contributed by atoms with Gasteiger partial charge in [-0.15, -0.1) is 0 Å². The average molecular weight is 161 g/mol. The van der Waals surface area contributed by atoms with Crippen LogP contribution in [0.2, 0.25) is 0 Å². The van der Waals surface area contributed by atoms with Gasteiger partial charge in [-0.05, 0) is 6.92 Å². The molecule has 1 heterocycles. The summed E-state index contributed by atoms with van der Waals surface area (Å²) < 4.78 is 0. The van der Waals surface area contributed by atoms with Gasteiger partial charge in [0, 0.05) is 5.56 Å². The van der Waals surface area contributed by atoms with Crippen LogP contribution in [0.5, 0.6) is 0 Å². The third-order valence-corrected chi connectivity index (χ3v) is 1.77. The van der Waals surface area contributed by atoms with Gasteiger partial charge in [0.2, 0.25) is 0 Å². The van der Waals surface area contributed by atoms with Gasteiger partial charge in [-0.2, -0.15) is 0 Å². The summed E-state index contributed by atoms with van der Waals surface area (Å²) in [6.07, 6.45) is 0.167. The Morgan fingerprint density at radius 3 is 2.58 bits per heavy atom. The lowest BCUT2D eigenvalue weighted by atomic mass is 10.2. The normalized spacial score (nSPS) is 21.8. The van der Waals surface area contributed by atoms with Gasteiger partial charge in [-0.25, -0.2) is 10.4 Å². The van der Waals surface area contributed by atoms with Gasteiger partial charge in [0.05, 0.1) is 0 Å². The van der Waals surface area contributed by atoms with E-state index in [0.717, 1.165) is 11.4 Å². The van der Waals surface area contributed by atoms with Gasteiger partial charge in [0.1, 0.15) is 12.0 Å². The van der Waals surface area contributed by atoms with Crippen molar-refractivity contribution in [1.29, 1.82) is 0 Å². The first kappa shape index (κ1) is 7.31. The first-order chi connectivity index (χ1) is 5.86. The van der Waals surface area contributed by atoms with Crippen molar-refractivity contribution in [1.82, 2.24) is 10.9 Å². The molecule has 2 N–H and O–H groups in total. The standard InChI is InChI=1S/C9H11N3/c1-7-10-9(12-11-7)8-5-3-2-4-6-8/h2-7,11H,1H3,(H,10,12)/t7-/m0/s1. The zero-order valence-electron chi connectivity index (χ0n) is 6.91. The van der Waals surface area contributed by atoms with E-state index < -0.39 is 0 Å². The molecule has 12 heavy (non-hydrogen) atoms. The summed E-state index contributed by atoms with van der Waals surface area (Å²) in [7, 11) is 0. The molecule has 0 aliphatic carbocycles. The molecule has 1 aliphatic rings. The summed E-state index contributed by atoms with van der Waals surface area (Å²) in [6.45, 7) is 2.00. The third kappa shape index (κ3) is 1.31. The monoisotopic (exact) mass is 161 g/mol. The zero-order valence-corrected chi connectivity index (χ0v) is 6.91. The van der Waals surface area contributed by atoms with E-state index in [2.05, 4.69) is 15.8 Å². The summed E-state index contributed by atoms with van der Waals surface area (Å²) in [5.74, 6) is 0.920. The summed E-state index contributed by atoms with van der Waals surface area (Å²) >= 11 is 0. The van der Waals surface area contributed by atoms with Gasteiger partial charge in [0.25, 0.3) is 0 Å². The highest BCUT2D eigenvalue weighted by atomic mass is 15.5. The molecule has 62 valence electrons. The van der Waals surface area contributed by atoms with Crippen LogP contribution in [0.4, 0.5) is 0 Å². The number of hydrogen-bond acceptors (Lipinski definition) is 3. The van der Waals surface area contributed by atoms with E-state index in [-0.39, 0.29) is 6.17 Å². The van der Waals surface area contributed by atoms with E-state index in [1.165, 1.54) is 0 Å². The van der Waals surface area contributed by atoms with Crippen molar-refractivity contribution in [3.8, 4) is 0 Å². The molecular formula is C9H11N3. The molecule has 1 aromatic rings. The lowest BCUT2D eigenvalue weighted by Crippen LogP contribution is -2.33. The minimum Gasteiger partial charge on any atom is -0.304 e. The zero-order chi connectivity index (χ0) is 8.39. The Hall–Kier alpha value is -1.35. The van der Waals surface area contributed by atoms with E-state index in [1.807, 2.05) is 37.3 Å². The molecule has 1 atom stereocenters. The molecule has 0 amide bonds. The molecule has 0 spiro atoms. The molecule has 2 rings (SSSR count). The van der Waals surface area contributed by atoms with Crippen LogP contribution >= 0.6 is 0 Å². The molecule has 0 radical (unpaired) electrons. The minimum absolute atomic E-state index is 0.167. The number of nitrogens with zero attached hydrogens (tertiary/aromatic N) is 1. The van der Waals surface area contributed by atoms with E-state index in [9.17, 15) is 0 Å². The Morgan fingerprint density at radius 2 is 2.00 bits per heavy atom. The maximum absolute atomic E-state index is 4.35. The molecule has 0 aromatic heterocycles. The Bertz CT molecular complexity index is 292. The van der Waals surface area contributed by atoms with Gasteiger partial charge >= 0.3 is 0 Å². The molecule has 1 aromatic carbocycles. The summed E-state index contributed by atoms with van der Waals surface area (Å²) in [4.78, 5) is 4.35. The highest BCUT2D eigenvalue weighted by molar-refractivity contribution is 5.99. The number of amidine groups is 1. The summed E-state index contributed by atoms with van der Waals surface area (Å²) in [5.41, 5.74) is 7.16. The molecule has 0 saturated carbocycles. The second-order valence-corrected chi connectivity index (χ2v) is 2.79. The van der Waals surface area contributed by atoms with Crippen LogP contribution in [0, 0.1) is 0 Å². The Morgan fingerprint density at radius 1 is 1.25 bits per heavy atom. The molecule has 1 aliphatic heterocycles. The van der Waals surface area contributed by atoms with E-state index in [0.29, 0.717) is 0 Å². The maximum Gasteiger partial charge on any atom is 0.144 e. The number of benzene rings is 1. The Labute approximate surface area is 71.5 Å². The van der Waals surface area contributed by atoms with Crippen LogP contribution in [0.1, 0.15) is 12.5 Å². The van der Waals surface area contributed by atoms with Crippen molar-refractivity contribution in [2.45, 2.75) is 13.1 Å². The van der Waals surface area contributed by atoms with E-state index in [1.54, 1.807) is 0 Å². The van der Waals surface area contributed by atoms with Gasteiger partial charge in [-0.1, -0.05) is 30.3 Å². The fourth-order valence-electron chi connectivity index (χ4n) is 1.17. The van der Waals surface area contributed by atoms with Crippen molar-refractivity contribution >= 4 is 5.84 Å². The van der Waals surface area contributed by atoms with Crippen molar-refractivity contribution in [3.63, 3.8) is 0 Å². The number of aliphatic imine (C=N–C) groups is 1. The van der Waals surface area contributed by atoms with Crippen LogP contribution in [-0.4, -0.2) is 12.0 Å². The molecule has 3 heteroatoms. The lowest BCUT2D eigenvalue weighted by molar-refractivity contribution is 0.589. The maximum atomic E-state index is 4.35. The minimum atomic E-state index is 0.167. The van der Waals surface area contributed by atoms with Crippen LogP contribution in [0.3, 0.4) is 0 Å². The largest absolute Gasteiger partial charge is 0.304 e. The smallest absolute Gasteiger partial charge is 0.144 e. The molecular weight excluding hydrogens is 150 g/mol. The fourth-order valence-corrected chi connectivity index (χ4v) is 1.17.